The van der Waals surface area contributed by atoms with Gasteiger partial charge in [0.25, 0.3) is 5.91 Å². The second kappa shape index (κ2) is 6.24. The molecular formula is C20H17N3O. The maximum Gasteiger partial charge on any atom is 0.271 e. The molecule has 2 atom stereocenters. The van der Waals surface area contributed by atoms with Crippen molar-refractivity contribution in [3.8, 4) is 0 Å². The van der Waals surface area contributed by atoms with Crippen molar-refractivity contribution in [2.75, 3.05) is 0 Å². The summed E-state index contributed by atoms with van der Waals surface area (Å²) in [5.74, 6) is 0.621. The minimum Gasteiger partial charge on any atom is -0.267 e. The Hall–Kier alpha value is -3.01. The molecule has 2 aromatic rings. The van der Waals surface area contributed by atoms with Gasteiger partial charge < -0.3 is 0 Å². The van der Waals surface area contributed by atoms with Gasteiger partial charge in [0.2, 0.25) is 0 Å². The largest absolute Gasteiger partial charge is 0.271 e. The summed E-state index contributed by atoms with van der Waals surface area (Å²) in [6.45, 7) is 0. The highest BCUT2D eigenvalue weighted by atomic mass is 16.2. The predicted octanol–water partition coefficient (Wildman–Crippen LogP) is 3.46. The van der Waals surface area contributed by atoms with Gasteiger partial charge in [0.15, 0.2) is 0 Å². The van der Waals surface area contributed by atoms with Crippen LogP contribution in [0.3, 0.4) is 0 Å². The summed E-state index contributed by atoms with van der Waals surface area (Å²) < 4.78 is 0. The number of nitrogens with zero attached hydrogens (tertiary/aromatic N) is 2. The number of rotatable bonds is 4. The third-order valence-electron chi connectivity index (χ3n) is 4.56. The highest BCUT2D eigenvalue weighted by molar-refractivity contribution is 5.98. The molecule has 0 aliphatic heterocycles. The molecule has 4 rings (SSSR count). The average Bonchev–Trinajstić information content (AvgIpc) is 3.24. The summed E-state index contributed by atoms with van der Waals surface area (Å²) in [6, 6.07) is 13.7. The first-order valence-electron chi connectivity index (χ1n) is 8.04. The number of aromatic nitrogens is 1. The van der Waals surface area contributed by atoms with Crippen molar-refractivity contribution in [1.82, 2.24) is 10.4 Å². The number of fused-ring (bicyclic) bond motifs is 2. The molecule has 2 bridgehead atoms. The molecule has 2 aliphatic carbocycles. The molecular weight excluding hydrogens is 298 g/mol. The zero-order valence-corrected chi connectivity index (χ0v) is 13.1. The van der Waals surface area contributed by atoms with Crippen LogP contribution in [0.2, 0.25) is 0 Å². The zero-order valence-electron chi connectivity index (χ0n) is 13.1. The Morgan fingerprint density at radius 1 is 1.08 bits per heavy atom. The van der Waals surface area contributed by atoms with Crippen LogP contribution in [0.4, 0.5) is 0 Å². The van der Waals surface area contributed by atoms with E-state index in [-0.39, 0.29) is 5.91 Å². The number of carbonyl (C=O) groups excluding carboxylic acids is 1. The van der Waals surface area contributed by atoms with Crippen LogP contribution in [0.5, 0.6) is 0 Å². The lowest BCUT2D eigenvalue weighted by Crippen LogP contribution is -2.18. The number of nitrogens with one attached hydrogen (secondary N) is 1. The molecule has 1 N–H and O–H groups in total. The SMILES string of the molecule is O=C(N/N=C\C1=C(c2ccccc2)[C@H]2C=C[C@@H]1C2)c1ccncc1. The van der Waals surface area contributed by atoms with Crippen LogP contribution in [-0.4, -0.2) is 17.1 Å². The summed E-state index contributed by atoms with van der Waals surface area (Å²) in [5.41, 5.74) is 6.90. The Labute approximate surface area is 140 Å². The molecule has 4 heteroatoms. The zero-order chi connectivity index (χ0) is 16.4. The molecule has 1 heterocycles. The first-order chi connectivity index (χ1) is 11.8. The second-order valence-electron chi connectivity index (χ2n) is 6.00. The molecule has 0 fully saturated rings. The van der Waals surface area contributed by atoms with Gasteiger partial charge in [-0.25, -0.2) is 5.43 Å². The van der Waals surface area contributed by atoms with Crippen LogP contribution in [0.1, 0.15) is 22.3 Å². The minimum atomic E-state index is -0.228. The summed E-state index contributed by atoms with van der Waals surface area (Å²) >= 11 is 0. The lowest BCUT2D eigenvalue weighted by Gasteiger charge is -2.13. The van der Waals surface area contributed by atoms with Gasteiger partial charge in [-0.3, -0.25) is 9.78 Å². The summed E-state index contributed by atoms with van der Waals surface area (Å²) in [6.07, 6.45) is 10.6. The molecule has 0 spiro atoms. The standard InChI is InChI=1S/C20H17N3O/c24-20(15-8-10-21-11-9-15)23-22-13-18-16-6-7-17(12-16)19(18)14-4-2-1-3-5-14/h1-11,13,16-17H,12H2,(H,23,24)/b22-13-/t16-,17+/m1/s1. The van der Waals surface area contributed by atoms with Crippen LogP contribution in [0.15, 0.2) is 77.7 Å². The van der Waals surface area contributed by atoms with E-state index >= 15 is 0 Å². The first-order valence-corrected chi connectivity index (χ1v) is 8.04. The maximum atomic E-state index is 12.0. The molecule has 0 saturated heterocycles. The number of carbonyl (C=O) groups is 1. The van der Waals surface area contributed by atoms with E-state index < -0.39 is 0 Å². The van der Waals surface area contributed by atoms with Gasteiger partial charge in [-0.1, -0.05) is 42.5 Å². The lowest BCUT2D eigenvalue weighted by atomic mass is 9.92. The Morgan fingerprint density at radius 2 is 1.83 bits per heavy atom. The van der Waals surface area contributed by atoms with E-state index in [1.807, 2.05) is 6.07 Å². The normalized spacial score (nSPS) is 21.7. The summed E-state index contributed by atoms with van der Waals surface area (Å²) in [4.78, 5) is 16.0. The van der Waals surface area contributed by atoms with Gasteiger partial charge in [0.1, 0.15) is 0 Å². The number of amides is 1. The smallest absolute Gasteiger partial charge is 0.267 e. The van der Waals surface area contributed by atoms with Crippen LogP contribution in [0.25, 0.3) is 5.57 Å². The van der Waals surface area contributed by atoms with Crippen molar-refractivity contribution in [2.45, 2.75) is 6.42 Å². The Kier molecular flexibility index (Phi) is 3.79. The molecule has 4 nitrogen and oxygen atoms in total. The topological polar surface area (TPSA) is 54.4 Å². The molecule has 1 amide bonds. The highest BCUT2D eigenvalue weighted by Crippen LogP contribution is 2.47. The summed E-state index contributed by atoms with van der Waals surface area (Å²) in [5, 5.41) is 4.19. The van der Waals surface area contributed by atoms with E-state index in [2.05, 4.69) is 51.9 Å². The number of hydrogen-bond donors (Lipinski definition) is 1. The third kappa shape index (κ3) is 2.67. The van der Waals surface area contributed by atoms with E-state index in [4.69, 9.17) is 0 Å². The van der Waals surface area contributed by atoms with Crippen LogP contribution >= 0.6 is 0 Å². The molecule has 0 radical (unpaired) electrons. The second-order valence-corrected chi connectivity index (χ2v) is 6.00. The molecule has 0 unspecified atom stereocenters. The fraction of sp³-hybridized carbons (Fsp3) is 0.150. The molecule has 0 saturated carbocycles. The number of hydrazone groups is 1. The molecule has 24 heavy (non-hydrogen) atoms. The third-order valence-corrected chi connectivity index (χ3v) is 4.56. The number of benzene rings is 1. The van der Waals surface area contributed by atoms with E-state index in [0.717, 1.165) is 6.42 Å². The number of pyridine rings is 1. The van der Waals surface area contributed by atoms with Gasteiger partial charge in [-0.15, -0.1) is 0 Å². The Morgan fingerprint density at radius 3 is 2.62 bits per heavy atom. The van der Waals surface area contributed by atoms with E-state index in [9.17, 15) is 4.79 Å². The fourth-order valence-corrected chi connectivity index (χ4v) is 3.45. The maximum absolute atomic E-state index is 12.0. The average molecular weight is 315 g/mol. The van der Waals surface area contributed by atoms with Gasteiger partial charge in [-0.2, -0.15) is 5.10 Å². The van der Waals surface area contributed by atoms with Crippen LogP contribution in [0, 0.1) is 11.8 Å². The van der Waals surface area contributed by atoms with Crippen molar-refractivity contribution in [1.29, 1.82) is 0 Å². The van der Waals surface area contributed by atoms with Crippen molar-refractivity contribution in [3.05, 3.63) is 83.7 Å². The van der Waals surface area contributed by atoms with Crippen molar-refractivity contribution in [2.24, 2.45) is 16.9 Å². The van der Waals surface area contributed by atoms with Crippen molar-refractivity contribution >= 4 is 17.7 Å². The molecule has 118 valence electrons. The van der Waals surface area contributed by atoms with Gasteiger partial charge >= 0.3 is 0 Å². The molecule has 1 aromatic carbocycles. The van der Waals surface area contributed by atoms with Gasteiger partial charge in [0, 0.05) is 29.8 Å². The summed E-state index contributed by atoms with van der Waals surface area (Å²) in [7, 11) is 0. The molecule has 1 aromatic heterocycles. The van der Waals surface area contributed by atoms with Crippen molar-refractivity contribution < 1.29 is 4.79 Å². The Balaban J connectivity index is 1.56. The monoisotopic (exact) mass is 315 g/mol. The van der Waals surface area contributed by atoms with E-state index in [0.29, 0.717) is 17.4 Å². The van der Waals surface area contributed by atoms with Gasteiger partial charge in [0.05, 0.1) is 6.21 Å². The molecule has 2 aliphatic rings. The fourth-order valence-electron chi connectivity index (χ4n) is 3.45. The van der Waals surface area contributed by atoms with E-state index in [1.54, 1.807) is 30.7 Å². The quantitative estimate of drug-likeness (QED) is 0.534. The lowest BCUT2D eigenvalue weighted by molar-refractivity contribution is 0.0955. The van der Waals surface area contributed by atoms with Crippen LogP contribution < -0.4 is 5.43 Å². The van der Waals surface area contributed by atoms with Crippen LogP contribution in [-0.2, 0) is 0 Å². The number of hydrogen-bond acceptors (Lipinski definition) is 3. The first kappa shape index (κ1) is 14.6. The van der Waals surface area contributed by atoms with E-state index in [1.165, 1.54) is 16.7 Å². The minimum absolute atomic E-state index is 0.228. The predicted molar refractivity (Wildman–Crippen MR) is 94.3 cm³/mol. The van der Waals surface area contributed by atoms with Crippen molar-refractivity contribution in [3.63, 3.8) is 0 Å². The number of allylic oxidation sites excluding steroid dienone is 4. The Bertz CT molecular complexity index is 838. The van der Waals surface area contributed by atoms with Gasteiger partial charge in [-0.05, 0) is 35.3 Å². The highest BCUT2D eigenvalue weighted by Gasteiger charge is 2.34.